The molecule has 7 heteroatoms. The molecule has 0 saturated carbocycles. The summed E-state index contributed by atoms with van der Waals surface area (Å²) in [6.45, 7) is 0. The Morgan fingerprint density at radius 1 is 1.14 bits per heavy atom. The second-order valence-electron chi connectivity index (χ2n) is 0.574. The smallest absolute Gasteiger partial charge is 0.794 e. The molecule has 0 fully saturated rings. The van der Waals surface area contributed by atoms with Crippen molar-refractivity contribution in [2.45, 2.75) is 0 Å². The van der Waals surface area contributed by atoms with Crippen LogP contribution in [0.4, 0.5) is 0 Å². The molecule has 7 heavy (non-hydrogen) atoms. The molecule has 0 bridgehead atoms. The van der Waals surface area contributed by atoms with Gasteiger partial charge in [0.1, 0.15) is 0 Å². The molecule has 4 nitrogen and oxygen atoms in total. The van der Waals surface area contributed by atoms with E-state index in [-0.39, 0.29) is 28.8 Å². The number of hydrogen-bond donors (Lipinski definition) is 3. The van der Waals surface area contributed by atoms with Gasteiger partial charge in [0.15, 0.2) is 0 Å². The summed E-state index contributed by atoms with van der Waals surface area (Å²) in [7, 11) is -4.86. The van der Waals surface area contributed by atoms with Gasteiger partial charge in [0, 0.05) is 0 Å². The topological polar surface area (TPSA) is 83.8 Å². The van der Waals surface area contributed by atoms with Crippen LogP contribution in [0.1, 0.15) is 0 Å². The quantitative estimate of drug-likeness (QED) is 0.228. The summed E-state index contributed by atoms with van der Waals surface area (Å²) >= 11 is 0. The zero-order valence-electron chi connectivity index (χ0n) is 3.96. The maximum absolute atomic E-state index is 8.91. The van der Waals surface area contributed by atoms with E-state index in [4.69, 9.17) is 19.2 Å². The first-order valence-corrected chi connectivity index (χ1v) is 2.62. The molecule has 0 aliphatic rings. The van der Waals surface area contributed by atoms with E-state index >= 15 is 0 Å². The molecular weight excluding hydrogens is 130 g/mol. The predicted octanol–water partition coefficient (Wildman–Crippen LogP) is -6.18. The summed E-state index contributed by atoms with van der Waals surface area (Å²) in [6, 6.07) is 0. The van der Waals surface area contributed by atoms with Crippen LogP contribution >= 0.6 is 9.90 Å². The third kappa shape index (κ3) is 156. The first-order valence-electron chi connectivity index (χ1n) is 0.875. The van der Waals surface area contributed by atoms with Crippen molar-refractivity contribution in [3.05, 3.63) is 0 Å². The summed E-state index contributed by atoms with van der Waals surface area (Å²) in [6.07, 6.45) is 0. The van der Waals surface area contributed by atoms with Gasteiger partial charge in [-0.05, 0) is 0 Å². The van der Waals surface area contributed by atoms with Gasteiger partial charge >= 0.3 is 27.9 Å². The largest absolute Gasteiger partial charge is 1.00 e. The maximum Gasteiger partial charge on any atom is 1.00 e. The van der Waals surface area contributed by atoms with Gasteiger partial charge in [-0.15, -0.1) is 0 Å². The van der Waals surface area contributed by atoms with E-state index in [2.05, 4.69) is 0 Å². The van der Waals surface area contributed by atoms with Gasteiger partial charge in [0.05, 0.1) is 0 Å². The third-order valence-electron chi connectivity index (χ3n) is 0. The molecule has 0 aromatic carbocycles. The molecule has 0 heterocycles. The maximum atomic E-state index is 8.91. The van der Waals surface area contributed by atoms with Crippen LogP contribution in [-0.4, -0.2) is 23.4 Å². The normalized spacial score (nSPS) is 8.57. The van der Waals surface area contributed by atoms with Crippen molar-refractivity contribution in [2.24, 2.45) is 0 Å². The van der Waals surface area contributed by atoms with Gasteiger partial charge in [0.2, 0.25) is 0 Å². The van der Waals surface area contributed by atoms with Gasteiger partial charge in [-0.1, -0.05) is 0 Å². The van der Waals surface area contributed by atoms with Gasteiger partial charge in [-0.2, -0.15) is 9.90 Å². The van der Waals surface area contributed by atoms with E-state index < -0.39 is 9.05 Å². The molecule has 0 aromatic rings. The number of rotatable bonds is 0. The fourth-order valence-corrected chi connectivity index (χ4v) is 0. The van der Waals surface area contributed by atoms with Crippen LogP contribution in [0.3, 0.4) is 0 Å². The molecule has 1 unspecified atom stereocenters. The van der Waals surface area contributed by atoms with Crippen molar-refractivity contribution in [3.63, 3.8) is 0 Å². The van der Waals surface area contributed by atoms with Crippen LogP contribution in [0.2, 0.25) is 0 Å². The molecule has 40 valence electrons. The first-order chi connectivity index (χ1) is 2.00. The van der Waals surface area contributed by atoms with E-state index in [0.29, 0.717) is 0 Å². The van der Waals surface area contributed by atoms with Gasteiger partial charge in [-0.3, -0.25) is 0 Å². The standard InChI is InChI=1S/Li.H3O4Si.H3P/c;1-5(2,3)4;/h;1-3H;1H3/q+1;-1;. The van der Waals surface area contributed by atoms with E-state index in [1.807, 2.05) is 0 Å². The molecular formula is H6LiO4PSi. The van der Waals surface area contributed by atoms with Gasteiger partial charge < -0.3 is 19.2 Å². The molecule has 0 aliphatic heterocycles. The average Bonchev–Trinajstić information content (AvgIpc) is 0.722. The van der Waals surface area contributed by atoms with Gasteiger partial charge in [-0.25, -0.2) is 0 Å². The summed E-state index contributed by atoms with van der Waals surface area (Å²) in [4.78, 5) is 30.6. The zero-order valence-corrected chi connectivity index (χ0v) is 6.37. The zero-order chi connectivity index (χ0) is 4.50. The molecule has 0 aliphatic carbocycles. The molecule has 0 aromatic heterocycles. The molecule has 0 rings (SSSR count). The van der Waals surface area contributed by atoms with E-state index in [0.717, 1.165) is 0 Å². The Balaban J connectivity index is -0.0000000800. The Kier molecular flexibility index (Phi) is 11.7. The van der Waals surface area contributed by atoms with Crippen molar-refractivity contribution >= 4 is 18.9 Å². The SMILES string of the molecule is P.[Li+].[O-][Si](O)(O)O. The summed E-state index contributed by atoms with van der Waals surface area (Å²) in [5, 5.41) is 0. The second kappa shape index (κ2) is 5.23. The Morgan fingerprint density at radius 2 is 1.14 bits per heavy atom. The molecule has 1 atom stereocenters. The minimum absolute atomic E-state index is 0. The van der Waals surface area contributed by atoms with E-state index in [1.54, 1.807) is 0 Å². The molecule has 3 N–H and O–H groups in total. The number of hydrogen-bond acceptors (Lipinski definition) is 4. The fraction of sp³-hybridized carbons (Fsp3) is 0. The Hall–Kier alpha value is 1.08. The van der Waals surface area contributed by atoms with Gasteiger partial charge in [0.25, 0.3) is 0 Å². The minimum atomic E-state index is -4.86. The van der Waals surface area contributed by atoms with E-state index in [9.17, 15) is 0 Å². The average molecular weight is 136 g/mol. The molecule has 0 spiro atoms. The fourth-order valence-electron chi connectivity index (χ4n) is 0. The third-order valence-corrected chi connectivity index (χ3v) is 0. The van der Waals surface area contributed by atoms with Crippen molar-refractivity contribution in [2.75, 3.05) is 0 Å². The van der Waals surface area contributed by atoms with Crippen LogP contribution in [0.25, 0.3) is 0 Å². The summed E-state index contributed by atoms with van der Waals surface area (Å²) < 4.78 is 0. The van der Waals surface area contributed by atoms with Crippen molar-refractivity contribution in [3.8, 4) is 0 Å². The minimum Gasteiger partial charge on any atom is -0.794 e. The summed E-state index contributed by atoms with van der Waals surface area (Å²) in [5.41, 5.74) is 0. The molecule has 0 amide bonds. The Morgan fingerprint density at radius 3 is 1.14 bits per heavy atom. The summed E-state index contributed by atoms with van der Waals surface area (Å²) in [5.74, 6) is 0. The van der Waals surface area contributed by atoms with Crippen LogP contribution in [0.15, 0.2) is 0 Å². The van der Waals surface area contributed by atoms with E-state index in [1.165, 1.54) is 0 Å². The van der Waals surface area contributed by atoms with Crippen LogP contribution in [-0.2, 0) is 0 Å². The first kappa shape index (κ1) is 15.7. The van der Waals surface area contributed by atoms with Crippen molar-refractivity contribution in [1.29, 1.82) is 0 Å². The predicted molar refractivity (Wildman–Crippen MR) is 23.5 cm³/mol. The van der Waals surface area contributed by atoms with Crippen LogP contribution in [0.5, 0.6) is 0 Å². The Labute approximate surface area is 57.5 Å². The van der Waals surface area contributed by atoms with Crippen molar-refractivity contribution < 1.29 is 38.0 Å². The monoisotopic (exact) mass is 136 g/mol. The molecule has 0 saturated heterocycles. The van der Waals surface area contributed by atoms with Crippen molar-refractivity contribution in [1.82, 2.24) is 0 Å². The van der Waals surface area contributed by atoms with Crippen LogP contribution in [0, 0.1) is 0 Å². The second-order valence-corrected chi connectivity index (χ2v) is 1.72. The van der Waals surface area contributed by atoms with Crippen LogP contribution < -0.4 is 23.7 Å². The molecule has 0 radical (unpaired) electrons. The Bertz CT molecular complexity index is 27.2.